The van der Waals surface area contributed by atoms with Gasteiger partial charge in [0, 0.05) is 18.7 Å². The van der Waals surface area contributed by atoms with Crippen molar-refractivity contribution < 1.29 is 4.79 Å². The topological polar surface area (TPSA) is 32.3 Å². The highest BCUT2D eigenvalue weighted by atomic mass is 16.1. The number of benzene rings is 2. The van der Waals surface area contributed by atoms with Crippen LogP contribution in [0.15, 0.2) is 42.5 Å². The van der Waals surface area contributed by atoms with Crippen molar-refractivity contribution in [3.05, 3.63) is 53.6 Å². The van der Waals surface area contributed by atoms with Crippen molar-refractivity contribution in [2.24, 2.45) is 0 Å². The number of amides is 1. The maximum Gasteiger partial charge on any atom is 0.226 e. The lowest BCUT2D eigenvalue weighted by Gasteiger charge is -2.26. The molecule has 0 saturated carbocycles. The summed E-state index contributed by atoms with van der Waals surface area (Å²) in [7, 11) is 0. The molecule has 0 aliphatic carbocycles. The molecule has 0 atom stereocenters. The third kappa shape index (κ3) is 2.16. The monoisotopic (exact) mass is 266 g/mol. The zero-order valence-electron chi connectivity index (χ0n) is 11.8. The normalized spacial score (nSPS) is 14.5. The highest BCUT2D eigenvalue weighted by Crippen LogP contribution is 2.37. The number of hydrogen-bond donors (Lipinski definition) is 1. The lowest BCUT2D eigenvalue weighted by Crippen LogP contribution is -2.19. The number of nitrogens with one attached hydrogen (secondary N) is 1. The largest absolute Gasteiger partial charge is 0.339 e. The molecule has 3 nitrogen and oxygen atoms in total. The van der Waals surface area contributed by atoms with Gasteiger partial charge in [0.25, 0.3) is 0 Å². The van der Waals surface area contributed by atoms with Gasteiger partial charge in [-0.2, -0.15) is 0 Å². The van der Waals surface area contributed by atoms with E-state index in [1.165, 1.54) is 5.56 Å². The Morgan fingerprint density at radius 3 is 2.45 bits per heavy atom. The third-order valence-corrected chi connectivity index (χ3v) is 3.77. The maximum atomic E-state index is 11.9. The van der Waals surface area contributed by atoms with Crippen molar-refractivity contribution >= 4 is 23.0 Å². The first-order valence-electron chi connectivity index (χ1n) is 6.89. The predicted octanol–water partition coefficient (Wildman–Crippen LogP) is 3.78. The Morgan fingerprint density at radius 2 is 1.65 bits per heavy atom. The van der Waals surface area contributed by atoms with E-state index < -0.39 is 0 Å². The molecule has 0 fully saturated rings. The van der Waals surface area contributed by atoms with Crippen molar-refractivity contribution in [3.63, 3.8) is 0 Å². The molecule has 0 spiro atoms. The van der Waals surface area contributed by atoms with E-state index in [0.29, 0.717) is 13.0 Å². The van der Waals surface area contributed by atoms with Crippen molar-refractivity contribution in [1.29, 1.82) is 0 Å². The second-order valence-electron chi connectivity index (χ2n) is 5.21. The van der Waals surface area contributed by atoms with E-state index in [1.54, 1.807) is 0 Å². The van der Waals surface area contributed by atoms with Gasteiger partial charge < -0.3 is 10.2 Å². The molecule has 3 heteroatoms. The van der Waals surface area contributed by atoms with Crippen LogP contribution >= 0.6 is 0 Å². The fourth-order valence-corrected chi connectivity index (χ4v) is 2.69. The quantitative estimate of drug-likeness (QED) is 0.851. The van der Waals surface area contributed by atoms with Gasteiger partial charge in [0.1, 0.15) is 0 Å². The van der Waals surface area contributed by atoms with Gasteiger partial charge in [-0.25, -0.2) is 0 Å². The van der Waals surface area contributed by atoms with Crippen LogP contribution in [0.4, 0.5) is 17.1 Å². The van der Waals surface area contributed by atoms with Crippen LogP contribution in [0.1, 0.15) is 17.5 Å². The SMILES string of the molecule is Cc1ccccc1N1CCC(=O)Nc2c(C)cccc21. The van der Waals surface area contributed by atoms with Crippen LogP contribution in [0.2, 0.25) is 0 Å². The minimum Gasteiger partial charge on any atom is -0.339 e. The fraction of sp³-hybridized carbons (Fsp3) is 0.235. The fourth-order valence-electron chi connectivity index (χ4n) is 2.69. The Morgan fingerprint density at radius 1 is 0.950 bits per heavy atom. The van der Waals surface area contributed by atoms with Crippen molar-refractivity contribution in [1.82, 2.24) is 0 Å². The Hall–Kier alpha value is -2.29. The van der Waals surface area contributed by atoms with Gasteiger partial charge in [0.15, 0.2) is 0 Å². The van der Waals surface area contributed by atoms with Crippen LogP contribution in [0, 0.1) is 13.8 Å². The van der Waals surface area contributed by atoms with Crippen LogP contribution in [-0.2, 0) is 4.79 Å². The van der Waals surface area contributed by atoms with E-state index >= 15 is 0 Å². The predicted molar refractivity (Wildman–Crippen MR) is 82.6 cm³/mol. The molecule has 102 valence electrons. The molecule has 0 unspecified atom stereocenters. The molecule has 1 aliphatic rings. The molecule has 0 saturated heterocycles. The van der Waals surface area contributed by atoms with Gasteiger partial charge in [0.2, 0.25) is 5.91 Å². The Kier molecular flexibility index (Phi) is 3.18. The summed E-state index contributed by atoms with van der Waals surface area (Å²) < 4.78 is 0. The summed E-state index contributed by atoms with van der Waals surface area (Å²) in [5.41, 5.74) is 5.48. The summed E-state index contributed by atoms with van der Waals surface area (Å²) in [5.74, 6) is 0.0802. The average Bonchev–Trinajstić information content (AvgIpc) is 2.60. The Labute approximate surface area is 119 Å². The van der Waals surface area contributed by atoms with Gasteiger partial charge in [-0.05, 0) is 37.1 Å². The lowest BCUT2D eigenvalue weighted by molar-refractivity contribution is -0.115. The van der Waals surface area contributed by atoms with Gasteiger partial charge >= 0.3 is 0 Å². The molecular formula is C17H18N2O. The molecule has 1 heterocycles. The first kappa shape index (κ1) is 12.7. The number of anilines is 3. The molecule has 0 radical (unpaired) electrons. The highest BCUT2D eigenvalue weighted by molar-refractivity contribution is 5.98. The van der Waals surface area contributed by atoms with Gasteiger partial charge in [0.05, 0.1) is 11.4 Å². The molecule has 2 aromatic rings. The number of carbonyl (C=O) groups is 1. The minimum atomic E-state index is 0.0802. The van der Waals surface area contributed by atoms with Crippen LogP contribution in [-0.4, -0.2) is 12.5 Å². The van der Waals surface area contributed by atoms with Gasteiger partial charge in [-0.15, -0.1) is 0 Å². The Balaban J connectivity index is 2.16. The number of para-hydroxylation sites is 2. The van der Waals surface area contributed by atoms with E-state index in [4.69, 9.17) is 0 Å². The van der Waals surface area contributed by atoms with Crippen molar-refractivity contribution in [2.45, 2.75) is 20.3 Å². The summed E-state index contributed by atoms with van der Waals surface area (Å²) in [5, 5.41) is 3.03. The summed E-state index contributed by atoms with van der Waals surface area (Å²) in [6.45, 7) is 4.83. The Bertz CT molecular complexity index is 664. The number of rotatable bonds is 1. The molecule has 1 N–H and O–H groups in total. The molecule has 2 aromatic carbocycles. The summed E-state index contributed by atoms with van der Waals surface area (Å²) in [6, 6.07) is 14.4. The van der Waals surface area contributed by atoms with Crippen molar-refractivity contribution in [2.75, 3.05) is 16.8 Å². The molecule has 0 bridgehead atoms. The lowest BCUT2D eigenvalue weighted by atomic mass is 10.1. The molecule has 20 heavy (non-hydrogen) atoms. The van der Waals surface area contributed by atoms with E-state index in [9.17, 15) is 4.79 Å². The van der Waals surface area contributed by atoms with Gasteiger partial charge in [-0.1, -0.05) is 30.3 Å². The number of carbonyl (C=O) groups excluding carboxylic acids is 1. The summed E-state index contributed by atoms with van der Waals surface area (Å²) in [4.78, 5) is 14.2. The van der Waals surface area contributed by atoms with Gasteiger partial charge in [-0.3, -0.25) is 4.79 Å². The molecule has 1 amide bonds. The zero-order chi connectivity index (χ0) is 14.1. The standard InChI is InChI=1S/C17H18N2O/c1-12-6-3-4-8-14(12)19-11-10-16(20)18-17-13(2)7-5-9-15(17)19/h3-9H,10-11H2,1-2H3,(H,18,20). The first-order chi connectivity index (χ1) is 9.66. The van der Waals surface area contributed by atoms with Crippen LogP contribution in [0.5, 0.6) is 0 Å². The van der Waals surface area contributed by atoms with E-state index in [-0.39, 0.29) is 5.91 Å². The summed E-state index contributed by atoms with van der Waals surface area (Å²) in [6.07, 6.45) is 0.502. The van der Waals surface area contributed by atoms with Crippen LogP contribution in [0.3, 0.4) is 0 Å². The van der Waals surface area contributed by atoms with E-state index in [0.717, 1.165) is 22.6 Å². The second kappa shape index (κ2) is 5.00. The second-order valence-corrected chi connectivity index (χ2v) is 5.21. The smallest absolute Gasteiger partial charge is 0.226 e. The molecular weight excluding hydrogens is 248 g/mol. The third-order valence-electron chi connectivity index (χ3n) is 3.77. The molecule has 1 aliphatic heterocycles. The maximum absolute atomic E-state index is 11.9. The molecule has 0 aromatic heterocycles. The number of hydrogen-bond acceptors (Lipinski definition) is 2. The van der Waals surface area contributed by atoms with Crippen LogP contribution in [0.25, 0.3) is 0 Å². The first-order valence-corrected chi connectivity index (χ1v) is 6.89. The highest BCUT2D eigenvalue weighted by Gasteiger charge is 2.22. The number of aryl methyl sites for hydroxylation is 2. The zero-order valence-corrected chi connectivity index (χ0v) is 11.8. The molecule has 3 rings (SSSR count). The number of fused-ring (bicyclic) bond motifs is 1. The average molecular weight is 266 g/mol. The van der Waals surface area contributed by atoms with E-state index in [1.807, 2.05) is 31.2 Å². The number of nitrogens with zero attached hydrogens (tertiary/aromatic N) is 1. The minimum absolute atomic E-state index is 0.0802. The van der Waals surface area contributed by atoms with Crippen LogP contribution < -0.4 is 10.2 Å². The summed E-state index contributed by atoms with van der Waals surface area (Å²) >= 11 is 0. The van der Waals surface area contributed by atoms with E-state index in [2.05, 4.69) is 35.3 Å². The van der Waals surface area contributed by atoms with Crippen molar-refractivity contribution in [3.8, 4) is 0 Å².